The summed E-state index contributed by atoms with van der Waals surface area (Å²) in [6, 6.07) is 88.2. The van der Waals surface area contributed by atoms with E-state index in [0.717, 1.165) is 127 Å². The number of aromatic nitrogens is 1. The van der Waals surface area contributed by atoms with Gasteiger partial charge in [0.15, 0.2) is 0 Å². The Kier molecular flexibility index (Phi) is 8.96. The van der Waals surface area contributed by atoms with Crippen LogP contribution in [0.3, 0.4) is 0 Å². The number of nitrogens with zero attached hydrogens (tertiary/aromatic N) is 3. The van der Waals surface area contributed by atoms with Crippen LogP contribution in [0.1, 0.15) is 0 Å². The van der Waals surface area contributed by atoms with Crippen molar-refractivity contribution in [1.82, 2.24) is 4.98 Å². The third kappa shape index (κ3) is 6.14. The van der Waals surface area contributed by atoms with E-state index >= 15 is 0 Å². The molecule has 1 aromatic heterocycles. The monoisotopic (exact) mass is 911 g/mol. The second-order valence-electron chi connectivity index (χ2n) is 19.0. The molecule has 15 rings (SSSR count). The second-order valence-corrected chi connectivity index (χ2v) is 19.0. The fourth-order valence-electron chi connectivity index (χ4n) is 11.8. The SMILES string of the molecule is c1ccc(-c2ccc3cc4ccccc4cc3c2-c2c3c(c(-c4cccc5cc6ccccc6cc45)c(-c4ccccn4)c2-c2ccccc2)-c2c4c(cc(-c5ccccc5)c2=N3)=c2ccccc2=N4)cc1. The maximum atomic E-state index is 6.17. The van der Waals surface area contributed by atoms with E-state index in [1.807, 2.05) is 12.3 Å². The van der Waals surface area contributed by atoms with Gasteiger partial charge in [0, 0.05) is 61.1 Å². The van der Waals surface area contributed by atoms with Crippen LogP contribution in [-0.2, 0) is 0 Å². The fraction of sp³-hybridized carbons (Fsp3) is 0. The molecule has 332 valence electrons. The van der Waals surface area contributed by atoms with Gasteiger partial charge in [0.2, 0.25) is 0 Å². The molecule has 3 heteroatoms. The number of para-hydroxylation sites is 1. The Morgan fingerprint density at radius 1 is 0.264 bits per heavy atom. The van der Waals surface area contributed by atoms with Gasteiger partial charge < -0.3 is 0 Å². The van der Waals surface area contributed by atoms with E-state index in [1.54, 1.807) is 0 Å². The van der Waals surface area contributed by atoms with Crippen LogP contribution in [0.25, 0.3) is 121 Å². The largest absolute Gasteiger partial charge is 0.256 e. The summed E-state index contributed by atoms with van der Waals surface area (Å²) in [7, 11) is 0. The summed E-state index contributed by atoms with van der Waals surface area (Å²) < 4.78 is 0. The van der Waals surface area contributed by atoms with Crippen LogP contribution in [0.2, 0.25) is 0 Å². The van der Waals surface area contributed by atoms with Crippen molar-refractivity contribution >= 4 is 54.5 Å². The zero-order valence-corrected chi connectivity index (χ0v) is 39.0. The standard InChI is InChI=1S/C69H41N3/c1-4-19-42(20-5-1)51-35-34-50-38-46-26-11-13-28-48(46)40-55(50)61(51)64-60(44-23-8-3-9-24-44)63(59-33-16-17-36-70-59)62(53-31-18-29-49-37-45-25-10-12-27-47(45)39-54(49)53)65-66-67(72-69(64)65)56(43-21-6-2-7-22-43)41-57-52-30-14-15-32-58(52)71-68(57)66/h1-41H. The van der Waals surface area contributed by atoms with Gasteiger partial charge in [-0.1, -0.05) is 194 Å². The molecule has 0 saturated heterocycles. The van der Waals surface area contributed by atoms with E-state index < -0.39 is 0 Å². The zero-order chi connectivity index (χ0) is 47.3. The van der Waals surface area contributed by atoms with Gasteiger partial charge in [-0.2, -0.15) is 0 Å². The minimum absolute atomic E-state index is 0.879. The maximum absolute atomic E-state index is 6.17. The van der Waals surface area contributed by atoms with Gasteiger partial charge in [0.25, 0.3) is 0 Å². The van der Waals surface area contributed by atoms with Crippen LogP contribution in [0.5, 0.6) is 0 Å². The maximum Gasteiger partial charge on any atom is 0.0817 e. The fourth-order valence-corrected chi connectivity index (χ4v) is 11.8. The number of hydrogen-bond acceptors (Lipinski definition) is 3. The number of pyridine rings is 1. The van der Waals surface area contributed by atoms with Crippen molar-refractivity contribution in [2.24, 2.45) is 9.98 Å². The van der Waals surface area contributed by atoms with Gasteiger partial charge >= 0.3 is 0 Å². The van der Waals surface area contributed by atoms with Crippen LogP contribution in [0.4, 0.5) is 11.4 Å². The third-order valence-electron chi connectivity index (χ3n) is 15.0. The van der Waals surface area contributed by atoms with Crippen molar-refractivity contribution in [2.45, 2.75) is 0 Å². The smallest absolute Gasteiger partial charge is 0.0817 e. The van der Waals surface area contributed by atoms with E-state index in [4.69, 9.17) is 15.0 Å². The number of hydrogen-bond donors (Lipinski definition) is 0. The highest BCUT2D eigenvalue weighted by Crippen LogP contribution is 2.61. The molecule has 72 heavy (non-hydrogen) atoms. The quantitative estimate of drug-likeness (QED) is 0.153. The molecule has 0 fully saturated rings. The Morgan fingerprint density at radius 3 is 1.53 bits per heavy atom. The normalized spacial score (nSPS) is 12.1. The summed E-state index contributed by atoms with van der Waals surface area (Å²) in [6.07, 6.45) is 1.94. The summed E-state index contributed by atoms with van der Waals surface area (Å²) in [5.41, 5.74) is 16.9. The molecule has 0 saturated carbocycles. The molecule has 3 heterocycles. The molecule has 0 bridgehead atoms. The highest BCUT2D eigenvalue weighted by molar-refractivity contribution is 6.23. The van der Waals surface area contributed by atoms with Crippen molar-refractivity contribution in [3.8, 4) is 78.0 Å². The summed E-state index contributed by atoms with van der Waals surface area (Å²) in [4.78, 5) is 17.2. The predicted octanol–water partition coefficient (Wildman–Crippen LogP) is 17.2. The Morgan fingerprint density at radius 2 is 0.833 bits per heavy atom. The molecular formula is C69H41N3. The number of fused-ring (bicyclic) bond motifs is 10. The molecule has 0 amide bonds. The van der Waals surface area contributed by atoms with Crippen molar-refractivity contribution < 1.29 is 0 Å². The highest BCUT2D eigenvalue weighted by Gasteiger charge is 2.36. The first-order chi connectivity index (χ1) is 35.7. The van der Waals surface area contributed by atoms with E-state index in [9.17, 15) is 0 Å². The van der Waals surface area contributed by atoms with Gasteiger partial charge in [0.1, 0.15) is 0 Å². The molecule has 12 aromatic carbocycles. The lowest BCUT2D eigenvalue weighted by Gasteiger charge is -2.27. The lowest BCUT2D eigenvalue weighted by molar-refractivity contribution is 1.33. The van der Waals surface area contributed by atoms with Crippen LogP contribution < -0.4 is 10.7 Å². The van der Waals surface area contributed by atoms with Crippen LogP contribution in [0.15, 0.2) is 259 Å². The first-order valence-corrected chi connectivity index (χ1v) is 24.7. The topological polar surface area (TPSA) is 37.6 Å². The number of benzene rings is 12. The molecule has 13 aromatic rings. The summed E-state index contributed by atoms with van der Waals surface area (Å²) in [6.45, 7) is 0. The summed E-state index contributed by atoms with van der Waals surface area (Å²) in [5.74, 6) is 0. The van der Waals surface area contributed by atoms with E-state index in [2.05, 4.69) is 237 Å². The molecular weight excluding hydrogens is 871 g/mol. The Bertz CT molecular complexity index is 4650. The zero-order valence-electron chi connectivity index (χ0n) is 39.0. The van der Waals surface area contributed by atoms with Gasteiger partial charge in [-0.3, -0.25) is 4.98 Å². The number of rotatable bonds is 6. The van der Waals surface area contributed by atoms with Gasteiger partial charge in [-0.15, -0.1) is 0 Å². The molecule has 3 nitrogen and oxygen atoms in total. The molecule has 2 aliphatic heterocycles. The molecule has 0 radical (unpaired) electrons. The van der Waals surface area contributed by atoms with Crippen molar-refractivity contribution in [1.29, 1.82) is 0 Å². The Labute approximate surface area is 415 Å². The van der Waals surface area contributed by atoms with Crippen LogP contribution in [0, 0.1) is 10.4 Å². The predicted molar refractivity (Wildman–Crippen MR) is 298 cm³/mol. The average Bonchev–Trinajstić information content (AvgIpc) is 4.03. The van der Waals surface area contributed by atoms with Gasteiger partial charge in [0.05, 0.1) is 27.8 Å². The first-order valence-electron chi connectivity index (χ1n) is 24.7. The summed E-state index contributed by atoms with van der Waals surface area (Å²) in [5, 5.41) is 13.5. The summed E-state index contributed by atoms with van der Waals surface area (Å²) >= 11 is 0. The van der Waals surface area contributed by atoms with E-state index in [1.165, 1.54) is 26.9 Å². The third-order valence-corrected chi connectivity index (χ3v) is 15.0. The minimum atomic E-state index is 0.879. The Hall–Kier alpha value is -9.57. The van der Waals surface area contributed by atoms with E-state index in [0.29, 0.717) is 0 Å². The molecule has 0 unspecified atom stereocenters. The molecule has 0 spiro atoms. The van der Waals surface area contributed by atoms with Gasteiger partial charge in [-0.05, 0) is 119 Å². The average molecular weight is 912 g/mol. The van der Waals surface area contributed by atoms with Crippen molar-refractivity contribution in [3.63, 3.8) is 0 Å². The molecule has 0 N–H and O–H groups in total. The van der Waals surface area contributed by atoms with Gasteiger partial charge in [-0.25, -0.2) is 9.98 Å². The molecule has 0 aliphatic carbocycles. The molecule has 2 aliphatic rings. The second kappa shape index (κ2) is 16.0. The minimum Gasteiger partial charge on any atom is -0.256 e. The lowest BCUT2D eigenvalue weighted by atomic mass is 9.76. The van der Waals surface area contributed by atoms with Crippen LogP contribution in [-0.4, -0.2) is 4.98 Å². The highest BCUT2D eigenvalue weighted by atomic mass is 14.8. The van der Waals surface area contributed by atoms with E-state index in [-0.39, 0.29) is 0 Å². The Balaban J connectivity index is 1.25. The van der Waals surface area contributed by atoms with Crippen LogP contribution >= 0.6 is 0 Å². The van der Waals surface area contributed by atoms with Crippen molar-refractivity contribution in [3.05, 3.63) is 270 Å². The lowest BCUT2D eigenvalue weighted by Crippen LogP contribution is -2.07. The molecule has 0 atom stereocenters. The first kappa shape index (κ1) is 40.3. The van der Waals surface area contributed by atoms with Crippen molar-refractivity contribution in [2.75, 3.05) is 0 Å².